The summed E-state index contributed by atoms with van der Waals surface area (Å²) in [6.45, 7) is 0. The maximum Gasteiger partial charge on any atom is 0.0640 e. The van der Waals surface area contributed by atoms with E-state index in [0.717, 1.165) is 11.4 Å². The summed E-state index contributed by atoms with van der Waals surface area (Å²) in [5.74, 6) is 0. The molecule has 10 aromatic rings. The fourth-order valence-electron chi connectivity index (χ4n) is 7.89. The van der Waals surface area contributed by atoms with Crippen molar-refractivity contribution in [3.05, 3.63) is 212 Å². The van der Waals surface area contributed by atoms with Crippen LogP contribution in [-0.2, 0) is 0 Å². The van der Waals surface area contributed by atoms with Crippen LogP contribution in [0.2, 0.25) is 0 Å². The maximum absolute atomic E-state index is 2.46. The molecule has 1 heterocycles. The molecule has 0 saturated heterocycles. The normalized spacial score (nSPS) is 11.3. The van der Waals surface area contributed by atoms with Gasteiger partial charge in [0.1, 0.15) is 0 Å². The van der Waals surface area contributed by atoms with Gasteiger partial charge in [-0.1, -0.05) is 164 Å². The second kappa shape index (κ2) is 13.7. The monoisotopic (exact) mass is 705 g/mol. The van der Waals surface area contributed by atoms with Crippen LogP contribution in [0.3, 0.4) is 0 Å². The minimum absolute atomic E-state index is 1.11. The fourth-order valence-corrected chi connectivity index (χ4v) is 9.10. The topological polar surface area (TPSA) is 3.24 Å². The molecule has 9 aromatic carbocycles. The fraction of sp³-hybridized carbons (Fsp3) is 0. The summed E-state index contributed by atoms with van der Waals surface area (Å²) in [6, 6.07) is 77.2. The summed E-state index contributed by atoms with van der Waals surface area (Å²) in [5, 5.41) is 5.04. The van der Waals surface area contributed by atoms with E-state index >= 15 is 0 Å². The number of thiophene rings is 1. The van der Waals surface area contributed by atoms with Crippen LogP contribution in [0.5, 0.6) is 0 Å². The van der Waals surface area contributed by atoms with Gasteiger partial charge in [-0.2, -0.15) is 0 Å². The summed E-state index contributed by atoms with van der Waals surface area (Å²) in [4.78, 5) is 2.46. The molecule has 0 N–H and O–H groups in total. The maximum atomic E-state index is 2.46. The van der Waals surface area contributed by atoms with Crippen LogP contribution in [0.4, 0.5) is 17.1 Å². The smallest absolute Gasteiger partial charge is 0.0640 e. The number of fused-ring (bicyclic) bond motifs is 4. The minimum atomic E-state index is 1.11. The van der Waals surface area contributed by atoms with E-state index in [1.807, 2.05) is 11.3 Å². The van der Waals surface area contributed by atoms with Crippen molar-refractivity contribution >= 4 is 59.3 Å². The molecule has 0 aliphatic heterocycles. The highest BCUT2D eigenvalue weighted by molar-refractivity contribution is 7.26. The Morgan fingerprint density at radius 2 is 0.907 bits per heavy atom. The first-order valence-corrected chi connectivity index (χ1v) is 19.2. The lowest BCUT2D eigenvalue weighted by Crippen LogP contribution is -2.10. The van der Waals surface area contributed by atoms with E-state index in [9.17, 15) is 0 Å². The molecule has 0 amide bonds. The SMILES string of the molecule is c1ccc(-c2cc(-c3cccc(N(c4ccc(-c5ccccc5)c(-c5ccccc5)c4)c4cccc5c4sc4ccccc45)c3)c3ccccc3c2)cc1. The first-order valence-electron chi connectivity index (χ1n) is 18.4. The van der Waals surface area contributed by atoms with Gasteiger partial charge in [0.2, 0.25) is 0 Å². The average molecular weight is 706 g/mol. The molecule has 0 fully saturated rings. The van der Waals surface area contributed by atoms with Gasteiger partial charge in [0, 0.05) is 26.8 Å². The van der Waals surface area contributed by atoms with Crippen LogP contribution in [0.1, 0.15) is 0 Å². The van der Waals surface area contributed by atoms with Gasteiger partial charge in [0.15, 0.2) is 0 Å². The van der Waals surface area contributed by atoms with Gasteiger partial charge in [0.05, 0.1) is 10.4 Å². The van der Waals surface area contributed by atoms with Gasteiger partial charge in [-0.15, -0.1) is 11.3 Å². The van der Waals surface area contributed by atoms with Crippen LogP contribution in [-0.4, -0.2) is 0 Å². The zero-order valence-electron chi connectivity index (χ0n) is 29.6. The molecule has 1 aromatic heterocycles. The molecule has 0 atom stereocenters. The van der Waals surface area contributed by atoms with Crippen molar-refractivity contribution in [1.82, 2.24) is 0 Å². The average Bonchev–Trinajstić information content (AvgIpc) is 3.64. The standard InChI is InChI=1S/C52H35NS/c1-4-16-36(17-5-1)41-32-39-22-10-11-25-44(39)48(34-41)40-23-14-24-42(33-40)53(50-28-15-27-47-46-26-12-13-29-51(46)54-52(47)50)43-30-31-45(37-18-6-2-7-19-37)49(35-43)38-20-8-3-9-21-38/h1-35H. The highest BCUT2D eigenvalue weighted by Gasteiger charge is 2.21. The second-order valence-corrected chi connectivity index (χ2v) is 14.8. The third kappa shape index (κ3) is 5.74. The molecule has 2 heteroatoms. The Morgan fingerprint density at radius 1 is 0.315 bits per heavy atom. The molecule has 0 bridgehead atoms. The van der Waals surface area contributed by atoms with Gasteiger partial charge in [-0.05, 0) is 104 Å². The number of hydrogen-bond acceptors (Lipinski definition) is 2. The Balaban J connectivity index is 1.22. The quantitative estimate of drug-likeness (QED) is 0.160. The number of hydrogen-bond donors (Lipinski definition) is 0. The van der Waals surface area contributed by atoms with Gasteiger partial charge < -0.3 is 4.90 Å². The number of nitrogens with zero attached hydrogens (tertiary/aromatic N) is 1. The number of benzene rings is 9. The molecule has 54 heavy (non-hydrogen) atoms. The van der Waals surface area contributed by atoms with Crippen LogP contribution < -0.4 is 4.90 Å². The van der Waals surface area contributed by atoms with E-state index in [0.29, 0.717) is 0 Å². The molecule has 254 valence electrons. The van der Waals surface area contributed by atoms with E-state index in [2.05, 4.69) is 217 Å². The van der Waals surface area contributed by atoms with Crippen molar-refractivity contribution in [3.8, 4) is 44.5 Å². The Kier molecular flexibility index (Phi) is 8.09. The Hall–Kier alpha value is -6.74. The molecule has 0 aliphatic carbocycles. The lowest BCUT2D eigenvalue weighted by molar-refractivity contribution is 1.30. The Morgan fingerprint density at radius 3 is 1.69 bits per heavy atom. The van der Waals surface area contributed by atoms with Gasteiger partial charge in [-0.3, -0.25) is 0 Å². The van der Waals surface area contributed by atoms with E-state index in [1.165, 1.54) is 81.1 Å². The first-order chi connectivity index (χ1) is 26.8. The Bertz CT molecular complexity index is 2930. The molecule has 0 unspecified atom stereocenters. The minimum Gasteiger partial charge on any atom is -0.309 e. The zero-order valence-corrected chi connectivity index (χ0v) is 30.4. The van der Waals surface area contributed by atoms with Crippen molar-refractivity contribution < 1.29 is 0 Å². The summed E-state index contributed by atoms with van der Waals surface area (Å²) in [7, 11) is 0. The van der Waals surface area contributed by atoms with E-state index in [1.54, 1.807) is 0 Å². The molecule has 0 spiro atoms. The molecule has 0 aliphatic rings. The summed E-state index contributed by atoms with van der Waals surface area (Å²) < 4.78 is 2.57. The summed E-state index contributed by atoms with van der Waals surface area (Å²) in [5.41, 5.74) is 13.0. The van der Waals surface area contributed by atoms with Gasteiger partial charge in [0.25, 0.3) is 0 Å². The van der Waals surface area contributed by atoms with Crippen molar-refractivity contribution in [2.24, 2.45) is 0 Å². The molecule has 1 nitrogen and oxygen atoms in total. The summed E-state index contributed by atoms with van der Waals surface area (Å²) >= 11 is 1.87. The molecule has 10 rings (SSSR count). The molecule has 0 saturated carbocycles. The number of anilines is 3. The largest absolute Gasteiger partial charge is 0.309 e. The highest BCUT2D eigenvalue weighted by atomic mass is 32.1. The predicted octanol–water partition coefficient (Wildman–Crippen LogP) is 15.3. The molecular formula is C52H35NS. The second-order valence-electron chi connectivity index (χ2n) is 13.7. The lowest BCUT2D eigenvalue weighted by Gasteiger charge is -2.28. The van der Waals surface area contributed by atoms with E-state index < -0.39 is 0 Å². The zero-order chi connectivity index (χ0) is 35.8. The third-order valence-corrected chi connectivity index (χ3v) is 11.6. The van der Waals surface area contributed by atoms with Crippen LogP contribution in [0.15, 0.2) is 212 Å². The first kappa shape index (κ1) is 32.0. The van der Waals surface area contributed by atoms with Crippen LogP contribution in [0.25, 0.3) is 75.5 Å². The van der Waals surface area contributed by atoms with Crippen molar-refractivity contribution in [2.75, 3.05) is 4.90 Å². The number of rotatable bonds is 7. The Labute approximate surface area is 319 Å². The summed E-state index contributed by atoms with van der Waals surface area (Å²) in [6.07, 6.45) is 0. The highest BCUT2D eigenvalue weighted by Crippen LogP contribution is 2.47. The van der Waals surface area contributed by atoms with Gasteiger partial charge in [-0.25, -0.2) is 0 Å². The van der Waals surface area contributed by atoms with E-state index in [-0.39, 0.29) is 0 Å². The van der Waals surface area contributed by atoms with E-state index in [4.69, 9.17) is 0 Å². The molecule has 0 radical (unpaired) electrons. The van der Waals surface area contributed by atoms with Crippen molar-refractivity contribution in [2.45, 2.75) is 0 Å². The van der Waals surface area contributed by atoms with Crippen LogP contribution >= 0.6 is 11.3 Å². The predicted molar refractivity (Wildman–Crippen MR) is 233 cm³/mol. The molecular weight excluding hydrogens is 671 g/mol. The third-order valence-electron chi connectivity index (χ3n) is 10.4. The van der Waals surface area contributed by atoms with Crippen molar-refractivity contribution in [1.29, 1.82) is 0 Å². The van der Waals surface area contributed by atoms with Gasteiger partial charge >= 0.3 is 0 Å². The van der Waals surface area contributed by atoms with Crippen LogP contribution in [0, 0.1) is 0 Å². The van der Waals surface area contributed by atoms with Crippen molar-refractivity contribution in [3.63, 3.8) is 0 Å². The lowest BCUT2D eigenvalue weighted by atomic mass is 9.92.